The molecule has 1 aliphatic rings. The lowest BCUT2D eigenvalue weighted by atomic mass is 9.99. The first-order valence-corrected chi connectivity index (χ1v) is 9.33. The minimum atomic E-state index is -3.51. The van der Waals surface area contributed by atoms with E-state index in [2.05, 4.69) is 20.7 Å². The molecular weight excluding hydrogens is 350 g/mol. The Labute approximate surface area is 127 Å². The Hall–Kier alpha value is -0.100. The van der Waals surface area contributed by atoms with Crippen LogP contribution in [-0.4, -0.2) is 20.3 Å². The van der Waals surface area contributed by atoms with Crippen LogP contribution in [0.1, 0.15) is 19.3 Å². The van der Waals surface area contributed by atoms with Crippen LogP contribution < -0.4 is 4.72 Å². The van der Waals surface area contributed by atoms with Crippen LogP contribution in [0.15, 0.2) is 29.2 Å². The topological polar surface area (TPSA) is 46.2 Å². The molecule has 1 aromatic rings. The summed E-state index contributed by atoms with van der Waals surface area (Å²) in [6, 6.07) is 6.52. The molecule has 19 heavy (non-hydrogen) atoms. The molecule has 106 valence electrons. The van der Waals surface area contributed by atoms with E-state index < -0.39 is 10.0 Å². The number of nitrogens with one attached hydrogen (secondary N) is 1. The molecule has 0 aliphatic heterocycles. The average molecular weight is 367 g/mol. The summed E-state index contributed by atoms with van der Waals surface area (Å²) in [6.45, 7) is 0.490. The molecule has 1 saturated carbocycles. The lowest BCUT2D eigenvalue weighted by Crippen LogP contribution is -2.31. The normalized spacial score (nSPS) is 23.7. The van der Waals surface area contributed by atoms with Gasteiger partial charge in [0.1, 0.15) is 4.90 Å². The van der Waals surface area contributed by atoms with Crippen LogP contribution in [0.3, 0.4) is 0 Å². The third-order valence-electron chi connectivity index (χ3n) is 3.68. The van der Waals surface area contributed by atoms with Crippen LogP contribution in [0.25, 0.3) is 0 Å². The van der Waals surface area contributed by atoms with E-state index in [1.54, 1.807) is 18.2 Å². The highest BCUT2D eigenvalue weighted by Crippen LogP contribution is 2.32. The highest BCUT2D eigenvalue weighted by atomic mass is 79.9. The van der Waals surface area contributed by atoms with Gasteiger partial charge in [-0.2, -0.15) is 0 Å². The quantitative estimate of drug-likeness (QED) is 0.812. The Morgan fingerprint density at radius 3 is 2.63 bits per heavy atom. The van der Waals surface area contributed by atoms with Gasteiger partial charge in [-0.15, -0.1) is 0 Å². The van der Waals surface area contributed by atoms with E-state index in [-0.39, 0.29) is 9.92 Å². The lowest BCUT2D eigenvalue weighted by Gasteiger charge is -2.18. The lowest BCUT2D eigenvalue weighted by molar-refractivity contribution is 0.422. The molecule has 1 fully saturated rings. The smallest absolute Gasteiger partial charge is 0.211 e. The zero-order chi connectivity index (χ0) is 13.9. The number of halogens is 2. The zero-order valence-electron chi connectivity index (χ0n) is 10.5. The molecule has 0 amide bonds. The Kier molecular flexibility index (Phi) is 5.29. The van der Waals surface area contributed by atoms with Gasteiger partial charge in [0, 0.05) is 11.9 Å². The minimum Gasteiger partial charge on any atom is -0.211 e. The number of hydrogen-bond donors (Lipinski definition) is 1. The molecule has 0 saturated heterocycles. The number of rotatable bonds is 5. The van der Waals surface area contributed by atoms with Gasteiger partial charge in [-0.25, -0.2) is 13.1 Å². The molecule has 0 spiro atoms. The van der Waals surface area contributed by atoms with Crippen molar-refractivity contribution < 1.29 is 8.42 Å². The third kappa shape index (κ3) is 3.72. The Morgan fingerprint density at radius 2 is 1.95 bits per heavy atom. The van der Waals surface area contributed by atoms with Gasteiger partial charge in [-0.3, -0.25) is 0 Å². The molecule has 3 nitrogen and oxygen atoms in total. The van der Waals surface area contributed by atoms with Gasteiger partial charge >= 0.3 is 0 Å². The van der Waals surface area contributed by atoms with Crippen LogP contribution in [-0.2, 0) is 10.0 Å². The van der Waals surface area contributed by atoms with Crippen molar-refractivity contribution in [3.8, 4) is 0 Å². The fourth-order valence-electron chi connectivity index (χ4n) is 2.54. The summed E-state index contributed by atoms with van der Waals surface area (Å²) >= 11 is 9.43. The maximum absolute atomic E-state index is 12.2. The number of benzene rings is 1. The largest absolute Gasteiger partial charge is 0.242 e. The standard InChI is InChI=1S/C13H17BrClNO2S/c14-8-10-4-3-5-11(10)9-16-19(17,18)13-7-2-1-6-12(13)15/h1-2,6-7,10-11,16H,3-5,8-9H2. The summed E-state index contributed by atoms with van der Waals surface area (Å²) in [5.41, 5.74) is 0. The van der Waals surface area contributed by atoms with Crippen LogP contribution in [0, 0.1) is 11.8 Å². The van der Waals surface area contributed by atoms with Crippen molar-refractivity contribution in [2.45, 2.75) is 24.2 Å². The van der Waals surface area contributed by atoms with E-state index in [1.165, 1.54) is 18.9 Å². The van der Waals surface area contributed by atoms with Gasteiger partial charge < -0.3 is 0 Å². The maximum Gasteiger partial charge on any atom is 0.242 e. The van der Waals surface area contributed by atoms with E-state index in [4.69, 9.17) is 11.6 Å². The van der Waals surface area contributed by atoms with Crippen molar-refractivity contribution in [1.82, 2.24) is 4.72 Å². The third-order valence-corrected chi connectivity index (χ3v) is 6.43. The van der Waals surface area contributed by atoms with Crippen LogP contribution >= 0.6 is 27.5 Å². The first-order chi connectivity index (χ1) is 9.04. The summed E-state index contributed by atoms with van der Waals surface area (Å²) in [5, 5.41) is 1.20. The van der Waals surface area contributed by atoms with Gasteiger partial charge in [0.05, 0.1) is 5.02 Å². The van der Waals surface area contributed by atoms with Crippen LogP contribution in [0.4, 0.5) is 0 Å². The molecule has 1 aliphatic carbocycles. The van der Waals surface area contributed by atoms with Crippen molar-refractivity contribution in [2.24, 2.45) is 11.8 Å². The molecule has 2 unspecified atom stereocenters. The fourth-order valence-corrected chi connectivity index (χ4v) is 5.01. The van der Waals surface area contributed by atoms with Crippen molar-refractivity contribution in [2.75, 3.05) is 11.9 Å². The molecule has 2 atom stereocenters. The van der Waals surface area contributed by atoms with Crippen LogP contribution in [0.2, 0.25) is 5.02 Å². The summed E-state index contributed by atoms with van der Waals surface area (Å²) in [4.78, 5) is 0.157. The predicted molar refractivity (Wildman–Crippen MR) is 81.3 cm³/mol. The van der Waals surface area contributed by atoms with E-state index in [0.29, 0.717) is 18.4 Å². The van der Waals surface area contributed by atoms with Crippen molar-refractivity contribution in [3.63, 3.8) is 0 Å². The van der Waals surface area contributed by atoms with E-state index in [9.17, 15) is 8.42 Å². The second-order valence-electron chi connectivity index (χ2n) is 4.89. The average Bonchev–Trinajstić information content (AvgIpc) is 2.84. The second kappa shape index (κ2) is 6.57. The van der Waals surface area contributed by atoms with Crippen molar-refractivity contribution in [1.29, 1.82) is 0 Å². The highest BCUT2D eigenvalue weighted by molar-refractivity contribution is 9.09. The van der Waals surface area contributed by atoms with Crippen molar-refractivity contribution >= 4 is 37.6 Å². The molecule has 1 aromatic carbocycles. The molecule has 0 bridgehead atoms. The van der Waals surface area contributed by atoms with Crippen LogP contribution in [0.5, 0.6) is 0 Å². The SMILES string of the molecule is O=S(=O)(NCC1CCCC1CBr)c1ccccc1Cl. The fraction of sp³-hybridized carbons (Fsp3) is 0.538. The first kappa shape index (κ1) is 15.3. The molecule has 1 N–H and O–H groups in total. The molecule has 2 rings (SSSR count). The summed E-state index contributed by atoms with van der Waals surface area (Å²) < 4.78 is 27.1. The van der Waals surface area contributed by atoms with Gasteiger partial charge in [0.2, 0.25) is 10.0 Å². The summed E-state index contributed by atoms with van der Waals surface area (Å²) in [5.74, 6) is 0.977. The minimum absolute atomic E-state index is 0.157. The van der Waals surface area contributed by atoms with Gasteiger partial charge in [-0.05, 0) is 36.8 Å². The molecule has 0 aromatic heterocycles. The number of alkyl halides is 1. The Morgan fingerprint density at radius 1 is 1.26 bits per heavy atom. The second-order valence-corrected chi connectivity index (χ2v) is 7.68. The molecular formula is C13H17BrClNO2S. The number of sulfonamides is 1. The van der Waals surface area contributed by atoms with E-state index >= 15 is 0 Å². The molecule has 0 radical (unpaired) electrons. The van der Waals surface area contributed by atoms with E-state index in [0.717, 1.165) is 11.8 Å². The molecule has 0 heterocycles. The number of hydrogen-bond acceptors (Lipinski definition) is 2. The Bertz CT molecular complexity index is 535. The van der Waals surface area contributed by atoms with Gasteiger partial charge in [-0.1, -0.05) is 46.1 Å². The van der Waals surface area contributed by atoms with Gasteiger partial charge in [0.25, 0.3) is 0 Å². The zero-order valence-corrected chi connectivity index (χ0v) is 13.6. The first-order valence-electron chi connectivity index (χ1n) is 6.35. The highest BCUT2D eigenvalue weighted by Gasteiger charge is 2.28. The maximum atomic E-state index is 12.2. The summed E-state index contributed by atoms with van der Waals surface area (Å²) in [7, 11) is -3.51. The van der Waals surface area contributed by atoms with E-state index in [1.807, 2.05) is 0 Å². The van der Waals surface area contributed by atoms with Crippen molar-refractivity contribution in [3.05, 3.63) is 29.3 Å². The molecule has 6 heteroatoms. The summed E-state index contributed by atoms with van der Waals surface area (Å²) in [6.07, 6.45) is 3.43. The van der Waals surface area contributed by atoms with Gasteiger partial charge in [0.15, 0.2) is 0 Å². The Balaban J connectivity index is 2.04. The predicted octanol–water partition coefficient (Wildman–Crippen LogP) is 3.43. The monoisotopic (exact) mass is 365 g/mol.